The van der Waals surface area contributed by atoms with E-state index in [-0.39, 0.29) is 24.6 Å². The van der Waals surface area contributed by atoms with Gasteiger partial charge in [-0.3, -0.25) is 23.7 Å². The lowest BCUT2D eigenvalue weighted by Gasteiger charge is -2.30. The predicted molar refractivity (Wildman–Crippen MR) is 176 cm³/mol. The Morgan fingerprint density at radius 2 is 1.38 bits per heavy atom. The second kappa shape index (κ2) is 13.4. The molecule has 6 rings (SSSR count). The number of rotatable bonds is 9. The number of carbonyl (C=O) groups is 5. The molecule has 0 aliphatic carbocycles. The number of hydrogen-bond donors (Lipinski definition) is 1. The molecule has 0 spiro atoms. The molecule has 2 aliphatic rings. The van der Waals surface area contributed by atoms with Crippen LogP contribution in [0.5, 0.6) is 0 Å². The minimum atomic E-state index is -0.858. The van der Waals surface area contributed by atoms with Crippen LogP contribution < -0.4 is 15.1 Å². The number of nitrogens with one attached hydrogen (secondary N) is 1. The molecule has 3 aromatic carbocycles. The number of esters is 2. The van der Waals surface area contributed by atoms with Gasteiger partial charge in [-0.2, -0.15) is 0 Å². The fraction of sp³-hybridized carbons (Fsp3) is 0.235. The molecule has 47 heavy (non-hydrogen) atoms. The second-order valence-corrected chi connectivity index (χ2v) is 12.8. The standard InChI is InChI=1S/C34H29N3O8S2/c1-3-44-32(41)20-10-14-22(15-11-20)35-24(38)18-36-31-28(47-34(36)43)25(19-8-6-5-7-9-19)26-27(46-31)30(40)37(29(26)39)23-16-12-21(13-17-23)33(42)45-4-2/h5-17,25-27H,3-4,18H2,1-2H3,(H,35,38)/t25-,26?,27?/m0/s1. The number of nitrogens with zero attached hydrogens (tertiary/aromatic N) is 2. The molecule has 3 heterocycles. The number of hydrogen-bond acceptors (Lipinski definition) is 10. The van der Waals surface area contributed by atoms with Crippen LogP contribution in [0.2, 0.25) is 0 Å². The highest BCUT2D eigenvalue weighted by Crippen LogP contribution is 2.53. The van der Waals surface area contributed by atoms with E-state index in [4.69, 9.17) is 9.47 Å². The summed E-state index contributed by atoms with van der Waals surface area (Å²) in [6.45, 7) is 3.55. The SMILES string of the molecule is CCOC(=O)c1ccc(NC(=O)Cn2c3c(sc2=O)[C@@H](c2ccccc2)C2C(=O)N(c4ccc(C(=O)OCC)cc4)C(=O)C2S3)cc1. The van der Waals surface area contributed by atoms with Crippen LogP contribution >= 0.6 is 23.1 Å². The largest absolute Gasteiger partial charge is 0.462 e. The van der Waals surface area contributed by atoms with Gasteiger partial charge in [-0.1, -0.05) is 53.4 Å². The molecule has 13 heteroatoms. The number of fused-ring (bicyclic) bond motifs is 2. The van der Waals surface area contributed by atoms with Gasteiger partial charge >= 0.3 is 16.8 Å². The second-order valence-electron chi connectivity index (χ2n) is 10.7. The van der Waals surface area contributed by atoms with Gasteiger partial charge in [-0.15, -0.1) is 0 Å². The number of imide groups is 1. The third-order valence-corrected chi connectivity index (χ3v) is 10.4. The molecule has 2 aliphatic heterocycles. The van der Waals surface area contributed by atoms with Crippen LogP contribution in [0.1, 0.15) is 50.9 Å². The van der Waals surface area contributed by atoms with E-state index in [1.165, 1.54) is 41.0 Å². The van der Waals surface area contributed by atoms with Gasteiger partial charge in [0, 0.05) is 16.5 Å². The normalized spacial score (nSPS) is 18.3. The summed E-state index contributed by atoms with van der Waals surface area (Å²) >= 11 is 2.07. The van der Waals surface area contributed by atoms with Gasteiger partial charge in [0.15, 0.2) is 0 Å². The first-order chi connectivity index (χ1) is 22.7. The maximum atomic E-state index is 14.1. The van der Waals surface area contributed by atoms with Crippen LogP contribution in [0.25, 0.3) is 0 Å². The lowest BCUT2D eigenvalue weighted by atomic mass is 9.83. The molecular formula is C34H29N3O8S2. The molecule has 1 fully saturated rings. The van der Waals surface area contributed by atoms with Crippen molar-refractivity contribution in [1.82, 2.24) is 4.57 Å². The number of ether oxygens (including phenoxy) is 2. The van der Waals surface area contributed by atoms with E-state index in [0.29, 0.717) is 32.4 Å². The average molecular weight is 672 g/mol. The Balaban J connectivity index is 1.30. The van der Waals surface area contributed by atoms with Crippen LogP contribution in [0.15, 0.2) is 88.7 Å². The maximum Gasteiger partial charge on any atom is 0.338 e. The first kappa shape index (κ1) is 32.0. The quantitative estimate of drug-likeness (QED) is 0.198. The molecule has 0 saturated carbocycles. The summed E-state index contributed by atoms with van der Waals surface area (Å²) in [6.07, 6.45) is 0. The molecule has 11 nitrogen and oxygen atoms in total. The minimum Gasteiger partial charge on any atom is -0.462 e. The topological polar surface area (TPSA) is 141 Å². The first-order valence-electron chi connectivity index (χ1n) is 14.9. The zero-order valence-corrected chi connectivity index (χ0v) is 27.0. The lowest BCUT2D eigenvalue weighted by Crippen LogP contribution is -2.33. The van der Waals surface area contributed by atoms with Gasteiger partial charge in [0.05, 0.1) is 41.0 Å². The summed E-state index contributed by atoms with van der Waals surface area (Å²) < 4.78 is 11.4. The third-order valence-electron chi connectivity index (χ3n) is 7.83. The molecule has 1 N–H and O–H groups in total. The van der Waals surface area contributed by atoms with Gasteiger partial charge in [0.25, 0.3) is 0 Å². The van der Waals surface area contributed by atoms with Crippen molar-refractivity contribution in [2.45, 2.75) is 36.6 Å². The van der Waals surface area contributed by atoms with Crippen molar-refractivity contribution in [3.05, 3.63) is 110 Å². The molecule has 240 valence electrons. The van der Waals surface area contributed by atoms with Crippen LogP contribution in [0.4, 0.5) is 11.4 Å². The Bertz CT molecular complexity index is 1920. The maximum absolute atomic E-state index is 14.1. The van der Waals surface area contributed by atoms with Crippen molar-refractivity contribution >= 4 is 64.1 Å². The van der Waals surface area contributed by atoms with Gasteiger partial charge in [-0.05, 0) is 67.9 Å². The van der Waals surface area contributed by atoms with E-state index < -0.39 is 46.7 Å². The molecule has 0 radical (unpaired) electrons. The van der Waals surface area contributed by atoms with Gasteiger partial charge in [-0.25, -0.2) is 14.5 Å². The summed E-state index contributed by atoms with van der Waals surface area (Å²) in [7, 11) is 0. The number of benzene rings is 3. The molecule has 2 unspecified atom stereocenters. The Kier molecular flexibility index (Phi) is 9.10. The highest BCUT2D eigenvalue weighted by Gasteiger charge is 2.56. The number of thioether (sulfide) groups is 1. The predicted octanol–water partition coefficient (Wildman–Crippen LogP) is 4.70. The Labute approximate surface area is 277 Å². The summed E-state index contributed by atoms with van der Waals surface area (Å²) in [5.74, 6) is -3.72. The highest BCUT2D eigenvalue weighted by atomic mass is 32.2. The van der Waals surface area contributed by atoms with E-state index in [0.717, 1.165) is 33.6 Å². The molecule has 3 atom stereocenters. The lowest BCUT2D eigenvalue weighted by molar-refractivity contribution is -0.122. The zero-order valence-electron chi connectivity index (χ0n) is 25.3. The van der Waals surface area contributed by atoms with Crippen molar-refractivity contribution in [2.75, 3.05) is 23.4 Å². The van der Waals surface area contributed by atoms with E-state index in [1.807, 2.05) is 30.3 Å². The molecule has 3 amide bonds. The number of thiazole rings is 1. The van der Waals surface area contributed by atoms with Crippen LogP contribution in [0.3, 0.4) is 0 Å². The molecular weight excluding hydrogens is 643 g/mol. The van der Waals surface area contributed by atoms with Crippen molar-refractivity contribution in [1.29, 1.82) is 0 Å². The fourth-order valence-electron chi connectivity index (χ4n) is 5.74. The van der Waals surface area contributed by atoms with E-state index in [9.17, 15) is 28.8 Å². The molecule has 4 aromatic rings. The number of amides is 3. The van der Waals surface area contributed by atoms with E-state index >= 15 is 0 Å². The van der Waals surface area contributed by atoms with Gasteiger partial charge in [0.2, 0.25) is 17.7 Å². The summed E-state index contributed by atoms with van der Waals surface area (Å²) in [6, 6.07) is 21.5. The minimum absolute atomic E-state index is 0.215. The summed E-state index contributed by atoms with van der Waals surface area (Å²) in [5.41, 5.74) is 2.15. The average Bonchev–Trinajstić information content (AvgIpc) is 3.51. The van der Waals surface area contributed by atoms with E-state index in [1.54, 1.807) is 26.0 Å². The third kappa shape index (κ3) is 6.11. The van der Waals surface area contributed by atoms with Gasteiger partial charge < -0.3 is 14.8 Å². The van der Waals surface area contributed by atoms with Gasteiger partial charge in [0.1, 0.15) is 11.8 Å². The summed E-state index contributed by atoms with van der Waals surface area (Å²) in [4.78, 5) is 80.0. The monoisotopic (exact) mass is 671 g/mol. The smallest absolute Gasteiger partial charge is 0.338 e. The number of carbonyl (C=O) groups excluding carboxylic acids is 5. The van der Waals surface area contributed by atoms with Crippen LogP contribution in [-0.4, -0.2) is 52.7 Å². The molecule has 0 bridgehead atoms. The highest BCUT2D eigenvalue weighted by molar-refractivity contribution is 8.00. The van der Waals surface area contributed by atoms with E-state index in [2.05, 4.69) is 5.32 Å². The zero-order chi connectivity index (χ0) is 33.2. The Morgan fingerprint density at radius 1 is 0.787 bits per heavy atom. The molecule has 1 aromatic heterocycles. The van der Waals surface area contributed by atoms with Crippen molar-refractivity contribution in [3.8, 4) is 0 Å². The summed E-state index contributed by atoms with van der Waals surface area (Å²) in [5, 5.41) is 2.35. The van der Waals surface area contributed by atoms with Crippen molar-refractivity contribution < 1.29 is 33.4 Å². The number of anilines is 2. The Hall–Kier alpha value is -5.01. The Morgan fingerprint density at radius 3 is 1.98 bits per heavy atom. The van der Waals surface area contributed by atoms with Crippen molar-refractivity contribution in [3.63, 3.8) is 0 Å². The number of aromatic nitrogens is 1. The fourth-order valence-corrected chi connectivity index (χ4v) is 8.51. The van der Waals surface area contributed by atoms with Crippen molar-refractivity contribution in [2.24, 2.45) is 5.92 Å². The molecule has 1 saturated heterocycles. The first-order valence-corrected chi connectivity index (χ1v) is 16.6. The van der Waals surface area contributed by atoms with Crippen LogP contribution in [0, 0.1) is 5.92 Å². The van der Waals surface area contributed by atoms with Crippen LogP contribution in [-0.2, 0) is 30.4 Å².